The van der Waals surface area contributed by atoms with Crippen molar-refractivity contribution in [3.63, 3.8) is 0 Å². The lowest BCUT2D eigenvalue weighted by Crippen LogP contribution is -2.24. The molecule has 1 saturated heterocycles. The summed E-state index contributed by atoms with van der Waals surface area (Å²) >= 11 is 1.29. The van der Waals surface area contributed by atoms with Crippen molar-refractivity contribution in [2.45, 2.75) is 26.3 Å². The molecule has 3 heterocycles. The number of carbonyl (C=O) groups excluding carboxylic acids is 3. The fraction of sp³-hybridized carbons (Fsp3) is 0.238. The van der Waals surface area contributed by atoms with E-state index in [0.29, 0.717) is 47.4 Å². The van der Waals surface area contributed by atoms with Gasteiger partial charge in [-0.15, -0.1) is 11.3 Å². The number of nitrogens with zero attached hydrogens (tertiary/aromatic N) is 2. The van der Waals surface area contributed by atoms with Crippen LogP contribution in [-0.2, 0) is 16.1 Å². The Morgan fingerprint density at radius 3 is 2.90 bits per heavy atom. The van der Waals surface area contributed by atoms with E-state index >= 15 is 0 Å². The van der Waals surface area contributed by atoms with Crippen molar-refractivity contribution in [2.75, 3.05) is 16.8 Å². The van der Waals surface area contributed by atoms with E-state index in [1.54, 1.807) is 40.6 Å². The van der Waals surface area contributed by atoms with Crippen LogP contribution in [-0.4, -0.2) is 29.3 Å². The second kappa shape index (κ2) is 8.50. The van der Waals surface area contributed by atoms with Gasteiger partial charge in [0.25, 0.3) is 5.91 Å². The Morgan fingerprint density at radius 1 is 1.27 bits per heavy atom. The minimum atomic E-state index is -0.296. The number of furan rings is 1. The van der Waals surface area contributed by atoms with Crippen LogP contribution in [0.5, 0.6) is 0 Å². The minimum Gasteiger partial charge on any atom is -0.458 e. The van der Waals surface area contributed by atoms with E-state index in [0.717, 1.165) is 12.1 Å². The van der Waals surface area contributed by atoms with Crippen LogP contribution in [0.3, 0.4) is 0 Å². The molecule has 1 aliphatic heterocycles. The highest BCUT2D eigenvalue weighted by Gasteiger charge is 2.22. The Kier molecular flexibility index (Phi) is 5.62. The summed E-state index contributed by atoms with van der Waals surface area (Å²) < 4.78 is 5.69. The first-order chi connectivity index (χ1) is 14.5. The second-order valence-electron chi connectivity index (χ2n) is 6.87. The van der Waals surface area contributed by atoms with Crippen LogP contribution in [0.4, 0.5) is 10.8 Å². The molecule has 3 aromatic rings. The van der Waals surface area contributed by atoms with Crippen molar-refractivity contribution in [1.29, 1.82) is 0 Å². The number of amides is 3. The van der Waals surface area contributed by atoms with E-state index in [2.05, 4.69) is 15.6 Å². The predicted molar refractivity (Wildman–Crippen MR) is 113 cm³/mol. The van der Waals surface area contributed by atoms with E-state index in [1.165, 1.54) is 18.3 Å². The lowest BCUT2D eigenvalue weighted by molar-refractivity contribution is -0.119. The summed E-state index contributed by atoms with van der Waals surface area (Å²) in [6.07, 6.45) is 1.37. The van der Waals surface area contributed by atoms with Crippen LogP contribution >= 0.6 is 11.3 Å². The summed E-state index contributed by atoms with van der Waals surface area (Å²) in [5.74, 6) is 0.821. The number of nitrogens with one attached hydrogen (secondary N) is 2. The molecule has 0 unspecified atom stereocenters. The van der Waals surface area contributed by atoms with E-state index in [1.807, 2.05) is 6.07 Å². The Morgan fingerprint density at radius 2 is 2.13 bits per heavy atom. The van der Waals surface area contributed by atoms with Gasteiger partial charge in [-0.25, -0.2) is 4.98 Å². The summed E-state index contributed by atoms with van der Waals surface area (Å²) in [7, 11) is 0. The molecule has 8 nitrogen and oxygen atoms in total. The summed E-state index contributed by atoms with van der Waals surface area (Å²) in [5, 5.41) is 7.69. The largest absolute Gasteiger partial charge is 0.458 e. The van der Waals surface area contributed by atoms with E-state index < -0.39 is 0 Å². The Balaban J connectivity index is 1.43. The number of hydrogen-bond donors (Lipinski definition) is 2. The third-order valence-corrected chi connectivity index (χ3v) is 5.40. The molecule has 1 fully saturated rings. The SMILES string of the molecule is CC(=O)NCc1ccc(-c2csc(NC(=O)c3cccc(N4CCCC4=O)c3)n2)o1. The molecule has 0 aliphatic carbocycles. The summed E-state index contributed by atoms with van der Waals surface area (Å²) in [5.41, 5.74) is 1.78. The average molecular weight is 424 g/mol. The molecule has 0 atom stereocenters. The molecule has 1 aliphatic rings. The molecule has 2 aromatic heterocycles. The molecule has 0 spiro atoms. The van der Waals surface area contributed by atoms with Crippen molar-refractivity contribution >= 4 is 39.9 Å². The topological polar surface area (TPSA) is 105 Å². The molecule has 154 valence electrons. The van der Waals surface area contributed by atoms with Crippen LogP contribution in [0.1, 0.15) is 35.9 Å². The van der Waals surface area contributed by atoms with E-state index in [9.17, 15) is 14.4 Å². The maximum absolute atomic E-state index is 12.7. The van der Waals surface area contributed by atoms with Gasteiger partial charge in [0, 0.05) is 36.5 Å². The maximum atomic E-state index is 12.7. The first-order valence-corrected chi connectivity index (χ1v) is 10.4. The number of anilines is 2. The molecule has 9 heteroatoms. The summed E-state index contributed by atoms with van der Waals surface area (Å²) in [4.78, 5) is 41.7. The van der Waals surface area contributed by atoms with Gasteiger partial charge in [-0.05, 0) is 36.8 Å². The third kappa shape index (κ3) is 4.41. The number of aromatic nitrogens is 1. The molecule has 1 aromatic carbocycles. The minimum absolute atomic E-state index is 0.0773. The van der Waals surface area contributed by atoms with Crippen molar-refractivity contribution in [1.82, 2.24) is 10.3 Å². The standard InChI is InChI=1S/C21H20N4O4S/c1-13(26)22-11-16-7-8-18(29-16)17-12-30-21(23-17)24-20(28)14-4-2-5-15(10-14)25-9-3-6-19(25)27/h2,4-5,7-8,10,12H,3,6,9,11H2,1H3,(H,22,26)(H,23,24,28). The molecule has 4 rings (SSSR count). The number of hydrogen-bond acceptors (Lipinski definition) is 6. The maximum Gasteiger partial charge on any atom is 0.257 e. The van der Waals surface area contributed by atoms with Gasteiger partial charge in [-0.1, -0.05) is 6.07 Å². The van der Waals surface area contributed by atoms with Crippen molar-refractivity contribution in [3.8, 4) is 11.5 Å². The van der Waals surface area contributed by atoms with E-state index in [4.69, 9.17) is 4.42 Å². The first-order valence-electron chi connectivity index (χ1n) is 9.50. The number of rotatable bonds is 6. The fourth-order valence-corrected chi connectivity index (χ4v) is 3.87. The van der Waals surface area contributed by atoms with Gasteiger partial charge in [0.2, 0.25) is 11.8 Å². The lowest BCUT2D eigenvalue weighted by Gasteiger charge is -2.16. The number of benzene rings is 1. The second-order valence-corrected chi connectivity index (χ2v) is 7.73. The molecule has 0 saturated carbocycles. The van der Waals surface area contributed by atoms with Crippen LogP contribution in [0.2, 0.25) is 0 Å². The Hall–Kier alpha value is -3.46. The molecule has 0 radical (unpaired) electrons. The molecule has 0 bridgehead atoms. The Labute approximate surface area is 176 Å². The zero-order valence-corrected chi connectivity index (χ0v) is 17.1. The third-order valence-electron chi connectivity index (χ3n) is 4.64. The predicted octanol–water partition coefficient (Wildman–Crippen LogP) is 3.42. The van der Waals surface area contributed by atoms with Gasteiger partial charge in [0.05, 0.1) is 6.54 Å². The molecule has 3 amide bonds. The zero-order chi connectivity index (χ0) is 21.1. The molecular formula is C21H20N4O4S. The van der Waals surface area contributed by atoms with Crippen molar-refractivity contribution < 1.29 is 18.8 Å². The smallest absolute Gasteiger partial charge is 0.257 e. The quantitative estimate of drug-likeness (QED) is 0.631. The summed E-state index contributed by atoms with van der Waals surface area (Å²) in [6.45, 7) is 2.42. The molecule has 30 heavy (non-hydrogen) atoms. The van der Waals surface area contributed by atoms with Crippen LogP contribution in [0.25, 0.3) is 11.5 Å². The Bertz CT molecular complexity index is 1100. The van der Waals surface area contributed by atoms with Crippen molar-refractivity contribution in [2.24, 2.45) is 0 Å². The van der Waals surface area contributed by atoms with Gasteiger partial charge < -0.3 is 14.6 Å². The van der Waals surface area contributed by atoms with Gasteiger partial charge in [-0.2, -0.15) is 0 Å². The number of carbonyl (C=O) groups is 3. The van der Waals surface area contributed by atoms with Gasteiger partial charge in [0.15, 0.2) is 10.9 Å². The highest BCUT2D eigenvalue weighted by Crippen LogP contribution is 2.27. The number of thiazole rings is 1. The lowest BCUT2D eigenvalue weighted by atomic mass is 10.2. The van der Waals surface area contributed by atoms with Gasteiger partial charge >= 0.3 is 0 Å². The highest BCUT2D eigenvalue weighted by molar-refractivity contribution is 7.14. The normalized spacial score (nSPS) is 13.5. The molecule has 2 N–H and O–H groups in total. The van der Waals surface area contributed by atoms with E-state index in [-0.39, 0.29) is 17.7 Å². The van der Waals surface area contributed by atoms with Gasteiger partial charge in [0.1, 0.15) is 11.5 Å². The van der Waals surface area contributed by atoms with Crippen LogP contribution in [0.15, 0.2) is 46.2 Å². The van der Waals surface area contributed by atoms with Gasteiger partial charge in [-0.3, -0.25) is 19.7 Å². The molecular weight excluding hydrogens is 404 g/mol. The zero-order valence-electron chi connectivity index (χ0n) is 16.3. The monoisotopic (exact) mass is 424 g/mol. The van der Waals surface area contributed by atoms with Crippen LogP contribution < -0.4 is 15.5 Å². The summed E-state index contributed by atoms with van der Waals surface area (Å²) in [6, 6.07) is 10.6. The fourth-order valence-electron chi connectivity index (χ4n) is 3.17. The van der Waals surface area contributed by atoms with Crippen molar-refractivity contribution in [3.05, 3.63) is 53.1 Å². The average Bonchev–Trinajstić information content (AvgIpc) is 3.47. The van der Waals surface area contributed by atoms with Crippen LogP contribution in [0, 0.1) is 0 Å². The first kappa shape index (κ1) is 19.8. The highest BCUT2D eigenvalue weighted by atomic mass is 32.1.